The number of carbonyl (C=O) groups is 2. The van der Waals surface area contributed by atoms with Crippen LogP contribution in [0.1, 0.15) is 44.7 Å². The van der Waals surface area contributed by atoms with Crippen LogP contribution < -0.4 is 9.62 Å². The number of carbonyl (C=O) groups excluding carboxylic acids is 2. The fourth-order valence-corrected chi connectivity index (χ4v) is 4.43. The molecule has 2 atom stereocenters. The van der Waals surface area contributed by atoms with Gasteiger partial charge in [-0.1, -0.05) is 38.1 Å². The lowest BCUT2D eigenvalue weighted by Crippen LogP contribution is -2.53. The van der Waals surface area contributed by atoms with Crippen LogP contribution in [0.15, 0.2) is 42.5 Å². The maximum Gasteiger partial charge on any atom is 0.244 e. The molecule has 2 aromatic carbocycles. The first-order valence-electron chi connectivity index (χ1n) is 11.5. The predicted molar refractivity (Wildman–Crippen MR) is 132 cm³/mol. The Morgan fingerprint density at radius 1 is 1.03 bits per heavy atom. The molecule has 0 heterocycles. The van der Waals surface area contributed by atoms with Crippen molar-refractivity contribution in [2.45, 2.75) is 59.2 Å². The minimum absolute atomic E-state index is 0.0767. The van der Waals surface area contributed by atoms with E-state index in [-0.39, 0.29) is 24.2 Å². The second-order valence-electron chi connectivity index (χ2n) is 8.56. The van der Waals surface area contributed by atoms with Crippen LogP contribution in [0.5, 0.6) is 0 Å². The molecule has 0 aliphatic carbocycles. The average molecular weight is 510 g/mol. The SMILES string of the molecule is CC[C@H](C)NC(=O)[C@H](CC)N(Cc1ccccc1C)C(=O)CN(c1ccc(F)c(F)c1)S(C)(=O)=O. The maximum absolute atomic E-state index is 13.9. The zero-order chi connectivity index (χ0) is 26.3. The van der Waals surface area contributed by atoms with E-state index in [1.807, 2.05) is 45.0 Å². The number of nitrogens with one attached hydrogen (secondary N) is 1. The highest BCUT2D eigenvalue weighted by Crippen LogP contribution is 2.22. The fourth-order valence-electron chi connectivity index (χ4n) is 3.59. The molecule has 0 unspecified atom stereocenters. The summed E-state index contributed by atoms with van der Waals surface area (Å²) in [6.07, 6.45) is 1.87. The van der Waals surface area contributed by atoms with Crippen LogP contribution in [-0.2, 0) is 26.2 Å². The second kappa shape index (κ2) is 12.1. The molecule has 0 aromatic heterocycles. The van der Waals surface area contributed by atoms with Crippen LogP contribution in [0.3, 0.4) is 0 Å². The molecule has 0 fully saturated rings. The van der Waals surface area contributed by atoms with Crippen LogP contribution in [0, 0.1) is 18.6 Å². The topological polar surface area (TPSA) is 86.8 Å². The van der Waals surface area contributed by atoms with Gasteiger partial charge in [0, 0.05) is 18.7 Å². The lowest BCUT2D eigenvalue weighted by Gasteiger charge is -2.33. The lowest BCUT2D eigenvalue weighted by molar-refractivity contribution is -0.140. The molecule has 2 rings (SSSR count). The number of anilines is 1. The molecule has 0 radical (unpaired) electrons. The average Bonchev–Trinajstić information content (AvgIpc) is 2.79. The van der Waals surface area contributed by atoms with Gasteiger partial charge in [-0.15, -0.1) is 0 Å². The van der Waals surface area contributed by atoms with E-state index >= 15 is 0 Å². The number of benzene rings is 2. The van der Waals surface area contributed by atoms with Crippen molar-refractivity contribution < 1.29 is 26.8 Å². The molecule has 0 aliphatic heterocycles. The van der Waals surface area contributed by atoms with Gasteiger partial charge in [-0.2, -0.15) is 0 Å². The van der Waals surface area contributed by atoms with E-state index in [4.69, 9.17) is 0 Å². The van der Waals surface area contributed by atoms with Gasteiger partial charge in [0.25, 0.3) is 0 Å². The molecule has 1 N–H and O–H groups in total. The minimum atomic E-state index is -4.04. The molecule has 7 nitrogen and oxygen atoms in total. The van der Waals surface area contributed by atoms with Gasteiger partial charge >= 0.3 is 0 Å². The van der Waals surface area contributed by atoms with E-state index in [0.29, 0.717) is 17.1 Å². The molecule has 2 aromatic rings. The van der Waals surface area contributed by atoms with Crippen LogP contribution in [-0.4, -0.2) is 50.0 Å². The summed E-state index contributed by atoms with van der Waals surface area (Å²) in [5.74, 6) is -3.36. The van der Waals surface area contributed by atoms with Crippen molar-refractivity contribution in [3.63, 3.8) is 0 Å². The number of aryl methyl sites for hydroxylation is 1. The number of rotatable bonds is 11. The fraction of sp³-hybridized carbons (Fsp3) is 0.440. The monoisotopic (exact) mass is 509 g/mol. The first kappa shape index (κ1) is 28.2. The van der Waals surface area contributed by atoms with Gasteiger partial charge in [-0.3, -0.25) is 13.9 Å². The van der Waals surface area contributed by atoms with E-state index in [1.54, 1.807) is 6.92 Å². The van der Waals surface area contributed by atoms with Crippen molar-refractivity contribution in [2.24, 2.45) is 0 Å². The third-order valence-electron chi connectivity index (χ3n) is 5.86. The van der Waals surface area contributed by atoms with Gasteiger partial charge in [-0.25, -0.2) is 17.2 Å². The van der Waals surface area contributed by atoms with Crippen LogP contribution in [0.4, 0.5) is 14.5 Å². The van der Waals surface area contributed by atoms with Gasteiger partial charge in [0.15, 0.2) is 11.6 Å². The van der Waals surface area contributed by atoms with E-state index in [2.05, 4.69) is 5.32 Å². The van der Waals surface area contributed by atoms with Crippen LogP contribution >= 0.6 is 0 Å². The zero-order valence-electron chi connectivity index (χ0n) is 20.7. The highest BCUT2D eigenvalue weighted by molar-refractivity contribution is 7.92. The van der Waals surface area contributed by atoms with Gasteiger partial charge in [0.1, 0.15) is 12.6 Å². The van der Waals surface area contributed by atoms with Crippen LogP contribution in [0.2, 0.25) is 0 Å². The molecule has 0 spiro atoms. The van der Waals surface area contributed by atoms with Crippen LogP contribution in [0.25, 0.3) is 0 Å². The Morgan fingerprint density at radius 3 is 2.23 bits per heavy atom. The summed E-state index contributed by atoms with van der Waals surface area (Å²) in [6.45, 7) is 6.82. The molecule has 0 aliphatic rings. The Morgan fingerprint density at radius 2 is 1.69 bits per heavy atom. The first-order valence-corrected chi connectivity index (χ1v) is 13.3. The maximum atomic E-state index is 13.9. The summed E-state index contributed by atoms with van der Waals surface area (Å²) in [6, 6.07) is 9.02. The number of hydrogen-bond acceptors (Lipinski definition) is 4. The van der Waals surface area contributed by atoms with Crippen molar-refractivity contribution in [3.05, 3.63) is 65.2 Å². The standard InChI is InChI=1S/C25H33F2N3O4S/c1-6-18(4)28-25(32)23(7-2)29(15-19-11-9-8-10-17(19)3)24(31)16-30(35(5,33)34)20-12-13-21(26)22(27)14-20/h8-14,18,23H,6-7,15-16H2,1-5H3,(H,28,32)/t18-,23-/m0/s1. The first-order chi connectivity index (χ1) is 16.4. The summed E-state index contributed by atoms with van der Waals surface area (Å²) < 4.78 is 53.0. The number of amides is 2. The normalized spacial score (nSPS) is 13.1. The quantitative estimate of drug-likeness (QED) is 0.500. The molecule has 35 heavy (non-hydrogen) atoms. The lowest BCUT2D eigenvalue weighted by atomic mass is 10.1. The van der Waals surface area contributed by atoms with Crippen molar-refractivity contribution in [1.82, 2.24) is 10.2 Å². The van der Waals surface area contributed by atoms with Gasteiger partial charge in [0.2, 0.25) is 21.8 Å². The number of sulfonamides is 1. The number of halogens is 2. The molecular weight excluding hydrogens is 476 g/mol. The molecule has 2 amide bonds. The van der Waals surface area contributed by atoms with E-state index in [1.165, 1.54) is 4.90 Å². The van der Waals surface area contributed by atoms with Crippen molar-refractivity contribution in [1.29, 1.82) is 0 Å². The van der Waals surface area contributed by atoms with Gasteiger partial charge in [0.05, 0.1) is 11.9 Å². The smallest absolute Gasteiger partial charge is 0.244 e. The zero-order valence-corrected chi connectivity index (χ0v) is 21.5. The molecule has 0 saturated carbocycles. The number of hydrogen-bond donors (Lipinski definition) is 1. The van der Waals surface area contributed by atoms with Gasteiger partial charge in [-0.05, 0) is 49.9 Å². The largest absolute Gasteiger partial charge is 0.352 e. The second-order valence-corrected chi connectivity index (χ2v) is 10.5. The Balaban J connectivity index is 2.47. The molecule has 0 bridgehead atoms. The van der Waals surface area contributed by atoms with Crippen molar-refractivity contribution in [2.75, 3.05) is 17.1 Å². The molecule has 0 saturated heterocycles. The summed E-state index contributed by atoms with van der Waals surface area (Å²) in [4.78, 5) is 28.0. The summed E-state index contributed by atoms with van der Waals surface area (Å²) >= 11 is 0. The van der Waals surface area contributed by atoms with E-state index < -0.39 is 40.2 Å². The Bertz CT molecular complexity index is 1160. The summed E-state index contributed by atoms with van der Waals surface area (Å²) in [7, 11) is -4.04. The molecule has 10 heteroatoms. The van der Waals surface area contributed by atoms with Gasteiger partial charge < -0.3 is 10.2 Å². The molecule has 192 valence electrons. The van der Waals surface area contributed by atoms with E-state index in [0.717, 1.165) is 35.6 Å². The van der Waals surface area contributed by atoms with E-state index in [9.17, 15) is 26.8 Å². The third-order valence-corrected chi connectivity index (χ3v) is 7.00. The minimum Gasteiger partial charge on any atom is -0.352 e. The highest BCUT2D eigenvalue weighted by atomic mass is 32.2. The van der Waals surface area contributed by atoms with Crippen molar-refractivity contribution in [3.8, 4) is 0 Å². The Labute approximate surface area is 206 Å². The summed E-state index contributed by atoms with van der Waals surface area (Å²) in [5, 5.41) is 2.89. The molecular formula is C25H33F2N3O4S. The summed E-state index contributed by atoms with van der Waals surface area (Å²) in [5.41, 5.74) is 1.52. The Hall–Kier alpha value is -3.01. The Kier molecular flexibility index (Phi) is 9.76. The predicted octanol–water partition coefficient (Wildman–Crippen LogP) is 3.76. The van der Waals surface area contributed by atoms with Crippen molar-refractivity contribution >= 4 is 27.5 Å². The highest BCUT2D eigenvalue weighted by Gasteiger charge is 2.32. The third kappa shape index (κ3) is 7.48. The number of nitrogens with zero attached hydrogens (tertiary/aromatic N) is 2.